The highest BCUT2D eigenvalue weighted by Crippen LogP contribution is 2.28. The highest BCUT2D eigenvalue weighted by Gasteiger charge is 2.15. The second-order valence-corrected chi connectivity index (χ2v) is 3.31. The van der Waals surface area contributed by atoms with E-state index in [1.807, 2.05) is 25.1 Å². The van der Waals surface area contributed by atoms with Crippen molar-refractivity contribution >= 4 is 0 Å². The molecule has 0 spiro atoms. The molecule has 0 radical (unpaired) electrons. The number of allylic oxidation sites excluding steroid dienone is 2. The number of hydrogen-bond acceptors (Lipinski definition) is 3. The molecule has 0 aromatic carbocycles. The van der Waals surface area contributed by atoms with Crippen molar-refractivity contribution in [1.29, 1.82) is 0 Å². The number of nitrogens with zero attached hydrogens (tertiary/aromatic N) is 1. The molecular formula is C11H12N2O. The minimum absolute atomic E-state index is 0.215. The van der Waals surface area contributed by atoms with E-state index in [4.69, 9.17) is 10.5 Å². The first-order valence-corrected chi connectivity index (χ1v) is 4.48. The van der Waals surface area contributed by atoms with Gasteiger partial charge >= 0.3 is 0 Å². The van der Waals surface area contributed by atoms with E-state index in [1.165, 1.54) is 5.56 Å². The molecule has 14 heavy (non-hydrogen) atoms. The van der Waals surface area contributed by atoms with Crippen molar-refractivity contribution < 1.29 is 4.74 Å². The number of aromatic nitrogens is 1. The Morgan fingerprint density at radius 3 is 2.79 bits per heavy atom. The Kier molecular flexibility index (Phi) is 2.23. The highest BCUT2D eigenvalue weighted by molar-refractivity contribution is 5.33. The lowest BCUT2D eigenvalue weighted by Crippen LogP contribution is -2.10. The summed E-state index contributed by atoms with van der Waals surface area (Å²) in [7, 11) is 0. The lowest BCUT2D eigenvalue weighted by Gasteiger charge is -2.19. The van der Waals surface area contributed by atoms with Gasteiger partial charge in [0.1, 0.15) is 0 Å². The third kappa shape index (κ3) is 1.62. The summed E-state index contributed by atoms with van der Waals surface area (Å²) in [6, 6.07) is 3.97. The molecular weight excluding hydrogens is 176 g/mol. The highest BCUT2D eigenvalue weighted by atomic mass is 16.5. The van der Waals surface area contributed by atoms with Gasteiger partial charge in [-0.1, -0.05) is 0 Å². The van der Waals surface area contributed by atoms with Gasteiger partial charge < -0.3 is 10.5 Å². The molecule has 0 aliphatic carbocycles. The molecule has 2 heterocycles. The van der Waals surface area contributed by atoms with E-state index in [1.54, 1.807) is 18.7 Å². The molecule has 0 bridgehead atoms. The van der Waals surface area contributed by atoms with Gasteiger partial charge in [0, 0.05) is 18.3 Å². The van der Waals surface area contributed by atoms with Crippen LogP contribution in [0.3, 0.4) is 0 Å². The van der Waals surface area contributed by atoms with Gasteiger partial charge in [0.05, 0.1) is 6.26 Å². The van der Waals surface area contributed by atoms with Gasteiger partial charge in [0.2, 0.25) is 0 Å². The predicted molar refractivity (Wildman–Crippen MR) is 54.1 cm³/mol. The standard InChI is InChI=1S/C11H12N2O/c1-8-7-14-11(12)6-10(8)9-2-4-13-5-3-9/h2-7,10H,12H2,1H3. The van der Waals surface area contributed by atoms with Gasteiger partial charge in [0.15, 0.2) is 5.88 Å². The largest absolute Gasteiger partial charge is 0.450 e. The van der Waals surface area contributed by atoms with Gasteiger partial charge in [-0.05, 0) is 36.3 Å². The summed E-state index contributed by atoms with van der Waals surface area (Å²) in [6.07, 6.45) is 7.16. The van der Waals surface area contributed by atoms with Crippen LogP contribution < -0.4 is 5.73 Å². The van der Waals surface area contributed by atoms with E-state index in [-0.39, 0.29) is 5.92 Å². The first-order chi connectivity index (χ1) is 6.77. The van der Waals surface area contributed by atoms with Crippen molar-refractivity contribution in [2.24, 2.45) is 5.73 Å². The van der Waals surface area contributed by atoms with Crippen LogP contribution in [-0.2, 0) is 4.74 Å². The average molecular weight is 188 g/mol. The molecule has 2 rings (SSSR count). The topological polar surface area (TPSA) is 48.1 Å². The van der Waals surface area contributed by atoms with Crippen LogP contribution in [0.4, 0.5) is 0 Å². The Bertz CT molecular complexity index is 382. The average Bonchev–Trinajstić information content (AvgIpc) is 2.23. The van der Waals surface area contributed by atoms with E-state index in [0.29, 0.717) is 5.88 Å². The first kappa shape index (κ1) is 8.81. The van der Waals surface area contributed by atoms with E-state index in [0.717, 1.165) is 5.57 Å². The summed E-state index contributed by atoms with van der Waals surface area (Å²) in [6.45, 7) is 2.02. The molecule has 72 valence electrons. The second-order valence-electron chi connectivity index (χ2n) is 3.31. The Hall–Kier alpha value is -1.77. The van der Waals surface area contributed by atoms with Crippen molar-refractivity contribution in [2.45, 2.75) is 12.8 Å². The minimum Gasteiger partial charge on any atom is -0.450 e. The molecule has 1 atom stereocenters. The van der Waals surface area contributed by atoms with Crippen molar-refractivity contribution in [2.75, 3.05) is 0 Å². The number of pyridine rings is 1. The molecule has 1 unspecified atom stereocenters. The fourth-order valence-electron chi connectivity index (χ4n) is 1.50. The summed E-state index contributed by atoms with van der Waals surface area (Å²) in [5.41, 5.74) is 7.93. The second kappa shape index (κ2) is 3.54. The third-order valence-corrected chi connectivity index (χ3v) is 2.27. The zero-order valence-electron chi connectivity index (χ0n) is 7.97. The van der Waals surface area contributed by atoms with Crippen LogP contribution in [0.25, 0.3) is 0 Å². The Balaban J connectivity index is 2.34. The Labute approximate surface area is 82.9 Å². The molecule has 1 aliphatic rings. The molecule has 1 aliphatic heterocycles. The molecule has 0 saturated heterocycles. The van der Waals surface area contributed by atoms with E-state index >= 15 is 0 Å². The maximum Gasteiger partial charge on any atom is 0.186 e. The van der Waals surface area contributed by atoms with E-state index < -0.39 is 0 Å². The number of ether oxygens (including phenoxy) is 1. The molecule has 1 aromatic rings. The molecule has 2 N–H and O–H groups in total. The smallest absolute Gasteiger partial charge is 0.186 e. The summed E-state index contributed by atoms with van der Waals surface area (Å²) in [5, 5.41) is 0. The minimum atomic E-state index is 0.215. The lowest BCUT2D eigenvalue weighted by molar-refractivity contribution is 0.328. The fraction of sp³-hybridized carbons (Fsp3) is 0.182. The summed E-state index contributed by atoms with van der Waals surface area (Å²) in [4.78, 5) is 3.98. The molecule has 0 fully saturated rings. The van der Waals surface area contributed by atoms with Gasteiger partial charge in [0.25, 0.3) is 0 Å². The summed E-state index contributed by atoms with van der Waals surface area (Å²) in [5.74, 6) is 0.671. The van der Waals surface area contributed by atoms with Crippen LogP contribution in [0.1, 0.15) is 18.4 Å². The SMILES string of the molecule is CC1=COC(N)=CC1c1ccncc1. The van der Waals surface area contributed by atoms with Crippen molar-refractivity contribution in [3.05, 3.63) is 53.9 Å². The number of hydrogen-bond donors (Lipinski definition) is 1. The summed E-state index contributed by atoms with van der Waals surface area (Å²) < 4.78 is 5.10. The van der Waals surface area contributed by atoms with Gasteiger partial charge in [-0.25, -0.2) is 0 Å². The van der Waals surface area contributed by atoms with Crippen LogP contribution in [0, 0.1) is 0 Å². The first-order valence-electron chi connectivity index (χ1n) is 4.48. The van der Waals surface area contributed by atoms with Crippen LogP contribution in [0.15, 0.2) is 48.3 Å². The maximum atomic E-state index is 5.60. The van der Waals surface area contributed by atoms with Crippen LogP contribution in [-0.4, -0.2) is 4.98 Å². The quantitative estimate of drug-likeness (QED) is 0.732. The Morgan fingerprint density at radius 2 is 2.07 bits per heavy atom. The Morgan fingerprint density at radius 1 is 1.36 bits per heavy atom. The monoisotopic (exact) mass is 188 g/mol. The number of rotatable bonds is 1. The van der Waals surface area contributed by atoms with E-state index in [9.17, 15) is 0 Å². The third-order valence-electron chi connectivity index (χ3n) is 2.27. The number of nitrogens with two attached hydrogens (primary N) is 1. The molecule has 3 heteroatoms. The zero-order valence-corrected chi connectivity index (χ0v) is 7.97. The van der Waals surface area contributed by atoms with Gasteiger partial charge in [-0.3, -0.25) is 4.98 Å². The zero-order chi connectivity index (χ0) is 9.97. The van der Waals surface area contributed by atoms with Crippen molar-refractivity contribution in [1.82, 2.24) is 4.98 Å². The molecule has 1 aromatic heterocycles. The van der Waals surface area contributed by atoms with Crippen LogP contribution >= 0.6 is 0 Å². The molecule has 3 nitrogen and oxygen atoms in total. The molecule has 0 amide bonds. The van der Waals surface area contributed by atoms with Crippen LogP contribution in [0.5, 0.6) is 0 Å². The van der Waals surface area contributed by atoms with Crippen LogP contribution in [0.2, 0.25) is 0 Å². The summed E-state index contributed by atoms with van der Waals surface area (Å²) >= 11 is 0. The fourth-order valence-corrected chi connectivity index (χ4v) is 1.50. The predicted octanol–water partition coefficient (Wildman–Crippen LogP) is 1.90. The van der Waals surface area contributed by atoms with Gasteiger partial charge in [-0.15, -0.1) is 0 Å². The molecule has 0 saturated carbocycles. The van der Waals surface area contributed by atoms with Crippen molar-refractivity contribution in [3.63, 3.8) is 0 Å². The lowest BCUT2D eigenvalue weighted by atomic mass is 9.92. The van der Waals surface area contributed by atoms with E-state index in [2.05, 4.69) is 4.98 Å². The maximum absolute atomic E-state index is 5.60. The van der Waals surface area contributed by atoms with Crippen molar-refractivity contribution in [3.8, 4) is 0 Å². The van der Waals surface area contributed by atoms with Gasteiger partial charge in [-0.2, -0.15) is 0 Å². The normalized spacial score (nSPS) is 20.8.